The van der Waals surface area contributed by atoms with Gasteiger partial charge in [-0.3, -0.25) is 9.59 Å². The van der Waals surface area contributed by atoms with E-state index in [9.17, 15) is 14.4 Å². The summed E-state index contributed by atoms with van der Waals surface area (Å²) in [5.74, 6) is -1.21. The van der Waals surface area contributed by atoms with E-state index in [1.807, 2.05) is 43.3 Å². The minimum Gasteiger partial charge on any atom is -0.457 e. The number of rotatable bonds is 9. The topological polar surface area (TPSA) is 113 Å². The Morgan fingerprint density at radius 3 is 2.18 bits per heavy atom. The van der Waals surface area contributed by atoms with E-state index in [2.05, 4.69) is 15.8 Å². The Hall–Kier alpha value is -5.44. The van der Waals surface area contributed by atoms with Crippen LogP contribution in [-0.4, -0.2) is 38.1 Å². The van der Waals surface area contributed by atoms with Crippen molar-refractivity contribution >= 4 is 35.8 Å². The van der Waals surface area contributed by atoms with Gasteiger partial charge in [-0.25, -0.2) is 10.2 Å². The zero-order valence-corrected chi connectivity index (χ0v) is 21.3. The maximum atomic E-state index is 13.0. The van der Waals surface area contributed by atoms with E-state index in [0.717, 1.165) is 11.3 Å². The molecular formula is C30H26N4O5. The van der Waals surface area contributed by atoms with E-state index in [0.29, 0.717) is 16.9 Å². The Balaban J connectivity index is 1.44. The van der Waals surface area contributed by atoms with Crippen molar-refractivity contribution in [1.29, 1.82) is 0 Å². The molecule has 0 aliphatic carbocycles. The van der Waals surface area contributed by atoms with Crippen molar-refractivity contribution in [3.63, 3.8) is 0 Å². The maximum Gasteiger partial charge on any atom is 0.379 e. The zero-order valence-electron chi connectivity index (χ0n) is 21.3. The summed E-state index contributed by atoms with van der Waals surface area (Å²) in [4.78, 5) is 39.7. The highest BCUT2D eigenvalue weighted by atomic mass is 16.5. The minimum absolute atomic E-state index is 0.0267. The number of anilines is 1. The van der Waals surface area contributed by atoms with Gasteiger partial charge in [-0.15, -0.1) is 0 Å². The van der Waals surface area contributed by atoms with Crippen LogP contribution >= 0.6 is 0 Å². The monoisotopic (exact) mass is 522 g/mol. The van der Waals surface area contributed by atoms with Crippen LogP contribution in [0.1, 0.15) is 32.0 Å². The van der Waals surface area contributed by atoms with E-state index in [1.54, 1.807) is 66.7 Å². The molecule has 0 unspecified atom stereocenters. The van der Waals surface area contributed by atoms with Gasteiger partial charge in [-0.05, 0) is 77.9 Å². The molecule has 0 aliphatic heterocycles. The highest BCUT2D eigenvalue weighted by Crippen LogP contribution is 2.16. The van der Waals surface area contributed by atoms with E-state index in [-0.39, 0.29) is 11.5 Å². The molecule has 0 aliphatic rings. The fourth-order valence-corrected chi connectivity index (χ4v) is 3.38. The first-order chi connectivity index (χ1) is 18.9. The average molecular weight is 523 g/mol. The van der Waals surface area contributed by atoms with Gasteiger partial charge < -0.3 is 19.4 Å². The molecule has 3 aromatic carbocycles. The summed E-state index contributed by atoms with van der Waals surface area (Å²) in [6, 6.07) is 25.7. The van der Waals surface area contributed by atoms with Gasteiger partial charge in [-0.2, -0.15) is 5.10 Å². The number of carbonyl (C=O) groups excluding carboxylic acids is 3. The fraction of sp³-hybridized carbons (Fsp3) is 0.0667. The van der Waals surface area contributed by atoms with Crippen molar-refractivity contribution in [1.82, 2.24) is 10.7 Å². The Morgan fingerprint density at radius 2 is 1.54 bits per heavy atom. The average Bonchev–Trinajstić information content (AvgIpc) is 3.50. The quantitative estimate of drug-likeness (QED) is 0.110. The van der Waals surface area contributed by atoms with Gasteiger partial charge in [0.25, 0.3) is 11.8 Å². The molecule has 39 heavy (non-hydrogen) atoms. The molecule has 4 rings (SSSR count). The first kappa shape index (κ1) is 26.6. The lowest BCUT2D eigenvalue weighted by Gasteiger charge is -2.12. The Bertz CT molecular complexity index is 1470. The van der Waals surface area contributed by atoms with Crippen molar-refractivity contribution in [3.8, 4) is 5.75 Å². The van der Waals surface area contributed by atoms with Crippen LogP contribution in [0.3, 0.4) is 0 Å². The Morgan fingerprint density at radius 1 is 0.846 bits per heavy atom. The van der Waals surface area contributed by atoms with Gasteiger partial charge in [0.1, 0.15) is 11.4 Å². The third kappa shape index (κ3) is 7.53. The van der Waals surface area contributed by atoms with Gasteiger partial charge in [0.05, 0.1) is 12.5 Å². The van der Waals surface area contributed by atoms with Crippen LogP contribution in [0.15, 0.2) is 112 Å². The molecule has 0 bridgehead atoms. The van der Waals surface area contributed by atoms with Crippen LogP contribution in [0, 0.1) is 0 Å². The summed E-state index contributed by atoms with van der Waals surface area (Å²) in [6.45, 7) is 0. The van der Waals surface area contributed by atoms with Crippen LogP contribution < -0.4 is 20.4 Å². The van der Waals surface area contributed by atoms with Gasteiger partial charge >= 0.3 is 5.97 Å². The molecule has 2 N–H and O–H groups in total. The first-order valence-corrected chi connectivity index (χ1v) is 11.9. The second-order valence-electron chi connectivity index (χ2n) is 8.50. The van der Waals surface area contributed by atoms with Crippen molar-refractivity contribution in [2.24, 2.45) is 5.10 Å². The molecule has 0 saturated heterocycles. The third-order valence-electron chi connectivity index (χ3n) is 5.44. The summed E-state index contributed by atoms with van der Waals surface area (Å²) in [5, 5.41) is 6.68. The minimum atomic E-state index is -0.609. The first-order valence-electron chi connectivity index (χ1n) is 11.9. The van der Waals surface area contributed by atoms with Crippen molar-refractivity contribution < 1.29 is 23.5 Å². The normalized spacial score (nSPS) is 11.2. The molecule has 9 nitrogen and oxygen atoms in total. The third-order valence-corrected chi connectivity index (χ3v) is 5.44. The van der Waals surface area contributed by atoms with Gasteiger partial charge in [-0.1, -0.05) is 30.3 Å². The highest BCUT2D eigenvalue weighted by Gasteiger charge is 2.15. The lowest BCUT2D eigenvalue weighted by Crippen LogP contribution is -2.32. The van der Waals surface area contributed by atoms with Crippen molar-refractivity contribution in [2.45, 2.75) is 0 Å². The standard InChI is InChI=1S/C30H26N4O5/c1-34(2)24-14-10-21(11-15-24)19-26(32-28(35)23-7-4-3-5-8-23)29(36)33-31-20-22-12-16-25(17-13-22)39-30(37)27-9-6-18-38-27/h3-20H,1-2H3,(H,32,35)(H,33,36)/b26-19-,31-20-. The zero-order chi connectivity index (χ0) is 27.6. The van der Waals surface area contributed by atoms with E-state index in [1.165, 1.54) is 18.5 Å². The van der Waals surface area contributed by atoms with E-state index >= 15 is 0 Å². The van der Waals surface area contributed by atoms with E-state index in [4.69, 9.17) is 9.15 Å². The predicted molar refractivity (Wildman–Crippen MR) is 148 cm³/mol. The van der Waals surface area contributed by atoms with Crippen LogP contribution in [0.2, 0.25) is 0 Å². The summed E-state index contributed by atoms with van der Waals surface area (Å²) in [5.41, 5.74) is 5.25. The molecule has 0 radical (unpaired) electrons. The molecule has 9 heteroatoms. The molecule has 1 heterocycles. The number of benzene rings is 3. The van der Waals surface area contributed by atoms with Crippen molar-refractivity contribution in [2.75, 3.05) is 19.0 Å². The molecule has 0 saturated carbocycles. The fourth-order valence-electron chi connectivity index (χ4n) is 3.38. The predicted octanol–water partition coefficient (Wildman–Crippen LogP) is 4.49. The number of hydrogen-bond donors (Lipinski definition) is 2. The number of esters is 1. The molecule has 4 aromatic rings. The Labute approximate surface area is 225 Å². The lowest BCUT2D eigenvalue weighted by atomic mass is 10.1. The van der Waals surface area contributed by atoms with Gasteiger partial charge in [0.2, 0.25) is 5.76 Å². The lowest BCUT2D eigenvalue weighted by molar-refractivity contribution is -0.117. The molecule has 0 atom stereocenters. The Kier molecular flexibility index (Phi) is 8.66. The van der Waals surface area contributed by atoms with E-state index < -0.39 is 17.8 Å². The smallest absolute Gasteiger partial charge is 0.379 e. The number of ether oxygens (including phenoxy) is 1. The molecule has 196 valence electrons. The summed E-state index contributed by atoms with van der Waals surface area (Å²) in [7, 11) is 3.87. The second kappa shape index (κ2) is 12.7. The molecular weight excluding hydrogens is 496 g/mol. The number of hydrazone groups is 1. The van der Waals surface area contributed by atoms with Gasteiger partial charge in [0.15, 0.2) is 0 Å². The maximum absolute atomic E-state index is 13.0. The molecule has 1 aromatic heterocycles. The van der Waals surface area contributed by atoms with Crippen LogP contribution in [-0.2, 0) is 4.79 Å². The van der Waals surface area contributed by atoms with Gasteiger partial charge in [0, 0.05) is 25.3 Å². The molecule has 0 spiro atoms. The number of nitrogens with one attached hydrogen (secondary N) is 2. The number of hydrogen-bond acceptors (Lipinski definition) is 7. The largest absolute Gasteiger partial charge is 0.457 e. The summed E-state index contributed by atoms with van der Waals surface area (Å²) in [6.07, 6.45) is 4.39. The second-order valence-corrected chi connectivity index (χ2v) is 8.50. The van der Waals surface area contributed by atoms with Crippen LogP contribution in [0.5, 0.6) is 5.75 Å². The number of carbonyl (C=O) groups is 3. The number of nitrogens with zero attached hydrogens (tertiary/aromatic N) is 2. The number of amides is 2. The van der Waals surface area contributed by atoms with Crippen LogP contribution in [0.4, 0.5) is 5.69 Å². The van der Waals surface area contributed by atoms with Crippen LogP contribution in [0.25, 0.3) is 6.08 Å². The highest BCUT2D eigenvalue weighted by molar-refractivity contribution is 6.05. The molecule has 2 amide bonds. The SMILES string of the molecule is CN(C)c1ccc(/C=C(\NC(=O)c2ccccc2)C(=O)N/N=C\c2ccc(OC(=O)c3ccco3)cc2)cc1. The van der Waals surface area contributed by atoms with Crippen molar-refractivity contribution in [3.05, 3.63) is 125 Å². The number of furan rings is 1. The molecule has 0 fully saturated rings. The summed E-state index contributed by atoms with van der Waals surface area (Å²) < 4.78 is 10.3. The summed E-state index contributed by atoms with van der Waals surface area (Å²) >= 11 is 0.